The summed E-state index contributed by atoms with van der Waals surface area (Å²) in [6, 6.07) is 29.6. The van der Waals surface area contributed by atoms with Crippen molar-refractivity contribution in [2.75, 3.05) is 5.43 Å². The van der Waals surface area contributed by atoms with Gasteiger partial charge in [-0.05, 0) is 55.0 Å². The highest BCUT2D eigenvalue weighted by Gasteiger charge is 2.21. The molecule has 6 aromatic rings. The van der Waals surface area contributed by atoms with Gasteiger partial charge in [-0.1, -0.05) is 66.7 Å². The Hall–Kier alpha value is -4.29. The summed E-state index contributed by atoms with van der Waals surface area (Å²) in [4.78, 5) is 11.6. The van der Waals surface area contributed by atoms with Crippen LogP contribution < -0.4 is 5.43 Å². The number of anilines is 1. The van der Waals surface area contributed by atoms with Gasteiger partial charge in [0.25, 0.3) is 0 Å². The SMILES string of the molecule is C(=NNc1ncnc2sc3c(c12)CCCC3)c1c(-c2ccccc2)n(-c2ccccc2)c2ccccc12. The van der Waals surface area contributed by atoms with E-state index in [0.717, 1.165) is 62.3 Å². The lowest BCUT2D eigenvalue weighted by atomic mass is 9.97. The quantitative estimate of drug-likeness (QED) is 0.196. The summed E-state index contributed by atoms with van der Waals surface area (Å²) in [6.07, 6.45) is 8.27. The van der Waals surface area contributed by atoms with Crippen molar-refractivity contribution >= 4 is 44.5 Å². The molecule has 0 radical (unpaired) electrons. The lowest BCUT2D eigenvalue weighted by molar-refractivity contribution is 0.700. The average Bonchev–Trinajstić information content (AvgIpc) is 3.50. The van der Waals surface area contributed by atoms with Gasteiger partial charge in [-0.2, -0.15) is 5.10 Å². The van der Waals surface area contributed by atoms with Crippen LogP contribution in [0.5, 0.6) is 0 Å². The number of hydrazone groups is 1. The van der Waals surface area contributed by atoms with Gasteiger partial charge in [0.2, 0.25) is 0 Å². The number of aryl methyl sites for hydroxylation is 2. The van der Waals surface area contributed by atoms with Crippen LogP contribution in [-0.2, 0) is 12.8 Å². The highest BCUT2D eigenvalue weighted by atomic mass is 32.1. The maximum Gasteiger partial charge on any atom is 0.158 e. The third-order valence-corrected chi connectivity index (χ3v) is 8.29. The Labute approximate surface area is 219 Å². The molecule has 6 heteroatoms. The van der Waals surface area contributed by atoms with Gasteiger partial charge in [0.15, 0.2) is 5.82 Å². The summed E-state index contributed by atoms with van der Waals surface area (Å²) in [5.74, 6) is 0.786. The molecule has 0 atom stereocenters. The minimum Gasteiger partial charge on any atom is -0.309 e. The Morgan fingerprint density at radius 1 is 0.838 bits per heavy atom. The van der Waals surface area contributed by atoms with E-state index in [1.165, 1.54) is 23.3 Å². The van der Waals surface area contributed by atoms with Crippen molar-refractivity contribution in [2.45, 2.75) is 25.7 Å². The topological polar surface area (TPSA) is 55.1 Å². The van der Waals surface area contributed by atoms with Crippen LogP contribution >= 0.6 is 11.3 Å². The van der Waals surface area contributed by atoms with E-state index >= 15 is 0 Å². The summed E-state index contributed by atoms with van der Waals surface area (Å²) in [6.45, 7) is 0. The Balaban J connectivity index is 1.38. The third kappa shape index (κ3) is 3.81. The van der Waals surface area contributed by atoms with Gasteiger partial charge in [0, 0.05) is 21.5 Å². The molecule has 0 saturated carbocycles. The van der Waals surface area contributed by atoms with E-state index < -0.39 is 0 Å². The minimum atomic E-state index is 0.786. The Morgan fingerprint density at radius 3 is 2.46 bits per heavy atom. The van der Waals surface area contributed by atoms with Crippen LogP contribution in [0.2, 0.25) is 0 Å². The first-order valence-corrected chi connectivity index (χ1v) is 13.5. The Morgan fingerprint density at radius 2 is 1.59 bits per heavy atom. The van der Waals surface area contributed by atoms with Crippen LogP contribution in [0, 0.1) is 0 Å². The fourth-order valence-corrected chi connectivity index (χ4v) is 6.68. The molecule has 0 fully saturated rings. The summed E-state index contributed by atoms with van der Waals surface area (Å²) >= 11 is 1.80. The van der Waals surface area contributed by atoms with Gasteiger partial charge in [-0.25, -0.2) is 9.97 Å². The molecule has 0 aliphatic heterocycles. The number of para-hydroxylation sites is 2. The van der Waals surface area contributed by atoms with Crippen LogP contribution in [0.25, 0.3) is 38.1 Å². The van der Waals surface area contributed by atoms with Gasteiger partial charge in [0.05, 0.1) is 22.8 Å². The lowest BCUT2D eigenvalue weighted by Crippen LogP contribution is -2.01. The van der Waals surface area contributed by atoms with Crippen molar-refractivity contribution in [1.82, 2.24) is 14.5 Å². The number of aromatic nitrogens is 3. The van der Waals surface area contributed by atoms with E-state index in [4.69, 9.17) is 5.10 Å². The number of hydrogen-bond acceptors (Lipinski definition) is 5. The predicted octanol–water partition coefficient (Wildman–Crippen LogP) is 7.63. The smallest absolute Gasteiger partial charge is 0.158 e. The van der Waals surface area contributed by atoms with E-state index in [2.05, 4.69) is 105 Å². The number of rotatable bonds is 5. The zero-order valence-corrected chi connectivity index (χ0v) is 21.1. The molecule has 0 bridgehead atoms. The van der Waals surface area contributed by atoms with E-state index in [-0.39, 0.29) is 0 Å². The first kappa shape index (κ1) is 21.9. The second-order valence-corrected chi connectivity index (χ2v) is 10.4. The maximum atomic E-state index is 4.76. The van der Waals surface area contributed by atoms with Crippen molar-refractivity contribution in [3.63, 3.8) is 0 Å². The summed E-state index contributed by atoms with van der Waals surface area (Å²) in [5, 5.41) is 7.04. The van der Waals surface area contributed by atoms with Crippen molar-refractivity contribution in [3.8, 4) is 16.9 Å². The van der Waals surface area contributed by atoms with E-state index in [0.29, 0.717) is 0 Å². The van der Waals surface area contributed by atoms with Gasteiger partial charge in [-0.3, -0.25) is 5.43 Å². The molecule has 7 rings (SSSR count). The first-order chi connectivity index (χ1) is 18.4. The number of hydrogen-bond donors (Lipinski definition) is 1. The second kappa shape index (κ2) is 9.30. The molecule has 0 amide bonds. The molecule has 1 aliphatic rings. The molecule has 3 aromatic carbocycles. The monoisotopic (exact) mass is 499 g/mol. The van der Waals surface area contributed by atoms with E-state index in [9.17, 15) is 0 Å². The molecule has 3 aromatic heterocycles. The largest absolute Gasteiger partial charge is 0.309 e. The van der Waals surface area contributed by atoms with Crippen molar-refractivity contribution in [2.24, 2.45) is 5.10 Å². The number of nitrogens with zero attached hydrogens (tertiary/aromatic N) is 4. The lowest BCUT2D eigenvalue weighted by Gasteiger charge is -2.12. The zero-order chi connectivity index (χ0) is 24.6. The molecule has 180 valence electrons. The minimum absolute atomic E-state index is 0.786. The molecule has 3 heterocycles. The normalized spacial score (nSPS) is 13.4. The highest BCUT2D eigenvalue weighted by Crippen LogP contribution is 2.39. The molecule has 0 unspecified atom stereocenters. The standard InChI is InChI=1S/C31H25N5S/c1-3-11-21(12-4-1)29-25(23-15-7-9-17-26(23)36(29)22-13-5-2-6-14-22)19-34-35-30-28-24-16-8-10-18-27(24)37-31(28)33-20-32-30/h1-7,9,11-15,17,19-20H,8,10,16,18H2,(H,32,33,35). The van der Waals surface area contributed by atoms with Gasteiger partial charge >= 0.3 is 0 Å². The number of fused-ring (bicyclic) bond motifs is 4. The summed E-state index contributed by atoms with van der Waals surface area (Å²) in [5.41, 5.74) is 10.3. The average molecular weight is 500 g/mol. The number of nitrogens with one attached hydrogen (secondary N) is 1. The van der Waals surface area contributed by atoms with Gasteiger partial charge in [-0.15, -0.1) is 11.3 Å². The Kier molecular flexibility index (Phi) is 5.52. The molecule has 0 spiro atoms. The van der Waals surface area contributed by atoms with E-state index in [1.54, 1.807) is 17.7 Å². The summed E-state index contributed by atoms with van der Waals surface area (Å²) in [7, 11) is 0. The highest BCUT2D eigenvalue weighted by molar-refractivity contribution is 7.19. The molecule has 5 nitrogen and oxygen atoms in total. The van der Waals surface area contributed by atoms with Crippen molar-refractivity contribution < 1.29 is 0 Å². The third-order valence-electron chi connectivity index (χ3n) is 7.09. The Bertz CT molecular complexity index is 1750. The number of benzene rings is 3. The van der Waals surface area contributed by atoms with Crippen LogP contribution in [0.4, 0.5) is 5.82 Å². The van der Waals surface area contributed by atoms with Crippen LogP contribution in [0.3, 0.4) is 0 Å². The molecule has 1 aliphatic carbocycles. The number of thiophene rings is 1. The molecule has 1 N–H and O–H groups in total. The molecule has 37 heavy (non-hydrogen) atoms. The zero-order valence-electron chi connectivity index (χ0n) is 20.3. The van der Waals surface area contributed by atoms with Gasteiger partial charge < -0.3 is 4.57 Å². The van der Waals surface area contributed by atoms with Crippen molar-refractivity contribution in [1.29, 1.82) is 0 Å². The molecule has 0 saturated heterocycles. The summed E-state index contributed by atoms with van der Waals surface area (Å²) < 4.78 is 2.32. The predicted molar refractivity (Wildman–Crippen MR) is 154 cm³/mol. The second-order valence-electron chi connectivity index (χ2n) is 9.30. The van der Waals surface area contributed by atoms with Crippen LogP contribution in [0.15, 0.2) is 96.4 Å². The van der Waals surface area contributed by atoms with Crippen molar-refractivity contribution in [3.05, 3.63) is 107 Å². The molecular formula is C31H25N5S. The fraction of sp³-hybridized carbons (Fsp3) is 0.129. The van der Waals surface area contributed by atoms with Crippen LogP contribution in [0.1, 0.15) is 28.8 Å². The van der Waals surface area contributed by atoms with Gasteiger partial charge in [0.1, 0.15) is 11.2 Å². The van der Waals surface area contributed by atoms with Crippen LogP contribution in [-0.4, -0.2) is 20.7 Å². The first-order valence-electron chi connectivity index (χ1n) is 12.7. The maximum absolute atomic E-state index is 4.76. The molecular weight excluding hydrogens is 474 g/mol. The van der Waals surface area contributed by atoms with E-state index in [1.807, 2.05) is 6.21 Å². The fourth-order valence-electron chi connectivity index (χ4n) is 5.45.